The largest absolute Gasteiger partial charge is 0.493 e. The van der Waals surface area contributed by atoms with E-state index in [0.29, 0.717) is 78.0 Å². The van der Waals surface area contributed by atoms with Gasteiger partial charge in [-0.25, -0.2) is 9.69 Å². The number of nitrogens with zero attached hydrogens (tertiary/aromatic N) is 4. The van der Waals surface area contributed by atoms with Crippen LogP contribution in [0.1, 0.15) is 64.8 Å². The molecule has 4 heterocycles. The highest BCUT2D eigenvalue weighted by molar-refractivity contribution is 6.06. The first-order valence-corrected chi connectivity index (χ1v) is 18.2. The summed E-state index contributed by atoms with van der Waals surface area (Å²) < 4.78 is 29.1. The van der Waals surface area contributed by atoms with E-state index >= 15 is 0 Å². The van der Waals surface area contributed by atoms with Gasteiger partial charge in [0.1, 0.15) is 6.61 Å². The van der Waals surface area contributed by atoms with Gasteiger partial charge in [-0.3, -0.25) is 14.6 Å². The Kier molecular flexibility index (Phi) is 10.6. The highest BCUT2D eigenvalue weighted by Gasteiger charge is 2.46. The van der Waals surface area contributed by atoms with Crippen molar-refractivity contribution in [1.29, 1.82) is 0 Å². The zero-order chi connectivity index (χ0) is 37.9. The Balaban J connectivity index is 1.00. The number of aliphatic hydroxyl groups is 1. The van der Waals surface area contributed by atoms with Crippen LogP contribution >= 0.6 is 0 Å². The second-order valence-corrected chi connectivity index (χ2v) is 13.8. The molecule has 54 heavy (non-hydrogen) atoms. The molecular formula is C40H45N5O9. The molecule has 0 aliphatic carbocycles. The summed E-state index contributed by atoms with van der Waals surface area (Å²) in [6, 6.07) is 12.8. The molecule has 4 aliphatic rings. The van der Waals surface area contributed by atoms with E-state index in [-0.39, 0.29) is 42.3 Å². The van der Waals surface area contributed by atoms with Gasteiger partial charge in [0, 0.05) is 37.1 Å². The number of ether oxygens (including phenoxy) is 5. The minimum Gasteiger partial charge on any atom is -0.493 e. The van der Waals surface area contributed by atoms with Crippen LogP contribution in [0.4, 0.5) is 21.9 Å². The number of hydrogen-bond donors (Lipinski definition) is 2. The number of nitrogens with two attached hydrogens (primary N) is 1. The monoisotopic (exact) mass is 739 g/mol. The van der Waals surface area contributed by atoms with Crippen LogP contribution in [-0.4, -0.2) is 97.9 Å². The average Bonchev–Trinajstić information content (AvgIpc) is 3.78. The third-order valence-electron chi connectivity index (χ3n) is 10.2. The number of amides is 3. The number of aliphatic imine (C=N–C) groups is 1. The van der Waals surface area contributed by atoms with E-state index in [1.807, 2.05) is 11.1 Å². The number of carbonyl (C=O) groups is 3. The van der Waals surface area contributed by atoms with Crippen molar-refractivity contribution in [2.75, 3.05) is 51.2 Å². The number of unbranched alkanes of at least 4 members (excludes halogenated alkanes) is 2. The van der Waals surface area contributed by atoms with Gasteiger partial charge in [-0.15, -0.1) is 0 Å². The SMILES string of the molecule is C=C1C[C@H]2[C@H](O)N(C(=O)OCc3ccc(N)cc3)c3cc(OCCCCCOc4cc5c(cc4OC)C(=O)N4CCC[C@H]4C=N5)c(OC)cc3C(=O)N2C1. The summed E-state index contributed by atoms with van der Waals surface area (Å²) in [5.74, 6) is 1.20. The van der Waals surface area contributed by atoms with Gasteiger partial charge in [0.25, 0.3) is 11.8 Å². The number of aliphatic hydroxyl groups excluding tert-OH is 1. The molecule has 0 saturated carbocycles. The summed E-state index contributed by atoms with van der Waals surface area (Å²) in [7, 11) is 3.02. The van der Waals surface area contributed by atoms with Crippen LogP contribution in [0.2, 0.25) is 0 Å². The molecule has 0 radical (unpaired) electrons. The maximum Gasteiger partial charge on any atom is 0.416 e. The Labute approximate surface area is 313 Å². The quantitative estimate of drug-likeness (QED) is 0.138. The summed E-state index contributed by atoms with van der Waals surface area (Å²) in [5.41, 5.74) is 9.25. The molecule has 0 bridgehead atoms. The molecule has 3 aromatic carbocycles. The van der Waals surface area contributed by atoms with Gasteiger partial charge in [-0.1, -0.05) is 24.3 Å². The maximum absolute atomic E-state index is 13.9. The van der Waals surface area contributed by atoms with Gasteiger partial charge in [0.05, 0.1) is 62.0 Å². The summed E-state index contributed by atoms with van der Waals surface area (Å²) in [4.78, 5) is 49.8. The fourth-order valence-electron chi connectivity index (χ4n) is 7.38. The third kappa shape index (κ3) is 7.25. The fourth-order valence-corrected chi connectivity index (χ4v) is 7.38. The summed E-state index contributed by atoms with van der Waals surface area (Å²) in [6.45, 7) is 5.64. The first-order chi connectivity index (χ1) is 26.2. The molecule has 0 aromatic heterocycles. The second-order valence-electron chi connectivity index (χ2n) is 13.8. The van der Waals surface area contributed by atoms with Crippen molar-refractivity contribution in [1.82, 2.24) is 9.80 Å². The predicted molar refractivity (Wildman–Crippen MR) is 201 cm³/mol. The lowest BCUT2D eigenvalue weighted by molar-refractivity contribution is 0.0485. The van der Waals surface area contributed by atoms with Gasteiger partial charge in [-0.05, 0) is 68.4 Å². The zero-order valence-corrected chi connectivity index (χ0v) is 30.5. The number of benzene rings is 3. The minimum atomic E-state index is -1.41. The van der Waals surface area contributed by atoms with Crippen molar-refractivity contribution in [3.8, 4) is 23.0 Å². The van der Waals surface area contributed by atoms with E-state index in [1.54, 1.807) is 49.6 Å². The van der Waals surface area contributed by atoms with E-state index in [9.17, 15) is 19.5 Å². The topological polar surface area (TPSA) is 166 Å². The van der Waals surface area contributed by atoms with Crippen molar-refractivity contribution in [2.24, 2.45) is 4.99 Å². The summed E-state index contributed by atoms with van der Waals surface area (Å²) >= 11 is 0. The number of anilines is 2. The number of carbonyl (C=O) groups excluding carboxylic acids is 3. The molecule has 0 unspecified atom stereocenters. The molecule has 14 nitrogen and oxygen atoms in total. The standard InChI is InChI=1S/C40H45N5O9/c1-24-16-32-39(48)45(40(49)54-23-25-9-11-26(41)12-10-25)31-20-36(34(51-3)18-29(31)38(47)44(32)22-24)53-15-6-4-5-14-52-35-19-30-28(17-33(35)50-2)37(46)43-13-7-8-27(43)21-42-30/h9-12,17-21,27,32,39,48H,1,4-8,13-16,22-23,41H2,2-3H3/t27-,32-,39-/m0/s1. The van der Waals surface area contributed by atoms with Gasteiger partial charge in [-0.2, -0.15) is 0 Å². The van der Waals surface area contributed by atoms with E-state index in [2.05, 4.69) is 11.6 Å². The Hall–Kier alpha value is -5.76. The Bertz CT molecular complexity index is 1970. The number of fused-ring (bicyclic) bond motifs is 4. The van der Waals surface area contributed by atoms with E-state index in [0.717, 1.165) is 36.3 Å². The van der Waals surface area contributed by atoms with Crippen LogP contribution in [-0.2, 0) is 11.3 Å². The first-order valence-electron chi connectivity index (χ1n) is 18.2. The first kappa shape index (κ1) is 36.6. The minimum absolute atomic E-state index is 0.0160. The Morgan fingerprint density at radius 1 is 0.907 bits per heavy atom. The number of methoxy groups -OCH3 is 2. The smallest absolute Gasteiger partial charge is 0.416 e. The van der Waals surface area contributed by atoms with Crippen LogP contribution in [0.3, 0.4) is 0 Å². The molecule has 2 fully saturated rings. The fraction of sp³-hybridized carbons (Fsp3) is 0.400. The molecule has 4 aliphatic heterocycles. The van der Waals surface area contributed by atoms with E-state index < -0.39 is 18.4 Å². The molecule has 14 heteroatoms. The number of nitrogen functional groups attached to an aromatic ring is 1. The van der Waals surface area contributed by atoms with Crippen molar-refractivity contribution in [2.45, 2.75) is 63.4 Å². The average molecular weight is 740 g/mol. The van der Waals surface area contributed by atoms with Gasteiger partial charge < -0.3 is 44.3 Å². The van der Waals surface area contributed by atoms with Crippen molar-refractivity contribution < 1.29 is 43.2 Å². The Morgan fingerprint density at radius 3 is 2.28 bits per heavy atom. The van der Waals surface area contributed by atoms with Crippen molar-refractivity contribution >= 4 is 41.2 Å². The van der Waals surface area contributed by atoms with Crippen LogP contribution in [0.15, 0.2) is 65.7 Å². The number of rotatable bonds is 12. The summed E-state index contributed by atoms with van der Waals surface area (Å²) in [5, 5.41) is 11.6. The van der Waals surface area contributed by atoms with Gasteiger partial charge >= 0.3 is 6.09 Å². The zero-order valence-electron chi connectivity index (χ0n) is 30.5. The maximum atomic E-state index is 13.9. The molecule has 284 valence electrons. The third-order valence-corrected chi connectivity index (χ3v) is 10.2. The molecule has 7 rings (SSSR count). The highest BCUT2D eigenvalue weighted by atomic mass is 16.6. The van der Waals surface area contributed by atoms with Crippen molar-refractivity contribution in [3.63, 3.8) is 0 Å². The molecule has 3 aromatic rings. The predicted octanol–water partition coefficient (Wildman–Crippen LogP) is 5.48. The van der Waals surface area contributed by atoms with Crippen LogP contribution < -0.4 is 29.6 Å². The summed E-state index contributed by atoms with van der Waals surface area (Å²) in [6.07, 6.45) is 3.95. The second kappa shape index (κ2) is 15.7. The van der Waals surface area contributed by atoms with Gasteiger partial charge in [0.15, 0.2) is 29.2 Å². The van der Waals surface area contributed by atoms with E-state index in [1.165, 1.54) is 18.1 Å². The molecule has 0 spiro atoms. The molecule has 3 atom stereocenters. The van der Waals surface area contributed by atoms with E-state index in [4.69, 9.17) is 29.4 Å². The molecule has 3 amide bonds. The van der Waals surface area contributed by atoms with Crippen LogP contribution in [0.25, 0.3) is 0 Å². The normalized spacial score (nSPS) is 20.1. The van der Waals surface area contributed by atoms with Crippen LogP contribution in [0, 0.1) is 0 Å². The molecule has 3 N–H and O–H groups in total. The lowest BCUT2D eigenvalue weighted by Crippen LogP contribution is -2.50. The number of hydrogen-bond acceptors (Lipinski definition) is 11. The lowest BCUT2D eigenvalue weighted by atomic mass is 10.1. The molecule has 2 saturated heterocycles. The van der Waals surface area contributed by atoms with Gasteiger partial charge in [0.2, 0.25) is 0 Å². The Morgan fingerprint density at radius 2 is 1.57 bits per heavy atom. The van der Waals surface area contributed by atoms with Crippen LogP contribution in [0.5, 0.6) is 23.0 Å². The highest BCUT2D eigenvalue weighted by Crippen LogP contribution is 2.42. The van der Waals surface area contributed by atoms with Crippen molar-refractivity contribution in [3.05, 3.63) is 77.4 Å². The lowest BCUT2D eigenvalue weighted by Gasteiger charge is -2.31. The molecular weight excluding hydrogens is 694 g/mol.